The van der Waals surface area contributed by atoms with E-state index in [1.807, 2.05) is 24.3 Å². The van der Waals surface area contributed by atoms with Crippen LogP contribution in [-0.2, 0) is 6.54 Å². The third-order valence-corrected chi connectivity index (χ3v) is 4.64. The molecule has 2 heterocycles. The number of hydrogen-bond acceptors (Lipinski definition) is 3. The minimum absolute atomic E-state index is 0.241. The maximum atomic E-state index is 14.3. The maximum Gasteiger partial charge on any atom is 0.319 e. The third-order valence-electron chi connectivity index (χ3n) is 4.64. The summed E-state index contributed by atoms with van der Waals surface area (Å²) >= 11 is 0. The summed E-state index contributed by atoms with van der Waals surface area (Å²) in [4.78, 5) is 14.2. The quantitative estimate of drug-likeness (QED) is 0.671. The fraction of sp³-hybridized carbons (Fsp3) is 0.263. The molecule has 1 saturated heterocycles. The molecular weight excluding hydrogens is 333 g/mol. The van der Waals surface area contributed by atoms with E-state index in [0.29, 0.717) is 11.4 Å². The molecule has 1 fully saturated rings. The second kappa shape index (κ2) is 7.03. The molecule has 1 aliphatic heterocycles. The SMILES string of the molecule is O=C(NCc1ccc(N2CCCC2)c(F)c1)Nc1cccc2[nH]ncc12. The van der Waals surface area contributed by atoms with E-state index in [4.69, 9.17) is 0 Å². The Kier molecular flexibility index (Phi) is 4.43. The molecule has 1 aromatic heterocycles. The summed E-state index contributed by atoms with van der Waals surface area (Å²) in [5, 5.41) is 13.2. The van der Waals surface area contributed by atoms with E-state index in [1.54, 1.807) is 12.3 Å². The first-order chi connectivity index (χ1) is 12.7. The van der Waals surface area contributed by atoms with Crippen molar-refractivity contribution in [1.82, 2.24) is 15.5 Å². The van der Waals surface area contributed by atoms with Gasteiger partial charge in [0.15, 0.2) is 0 Å². The number of hydrogen-bond donors (Lipinski definition) is 3. The number of halogens is 1. The summed E-state index contributed by atoms with van der Waals surface area (Å²) in [5.41, 5.74) is 2.89. The minimum atomic E-state index is -0.345. The van der Waals surface area contributed by atoms with Crippen LogP contribution in [0.1, 0.15) is 18.4 Å². The van der Waals surface area contributed by atoms with Crippen molar-refractivity contribution in [3.8, 4) is 0 Å². The van der Waals surface area contributed by atoms with Gasteiger partial charge in [-0.2, -0.15) is 5.10 Å². The largest absolute Gasteiger partial charge is 0.369 e. The number of benzene rings is 2. The Balaban J connectivity index is 1.38. The normalized spacial score (nSPS) is 14.0. The molecule has 3 aromatic rings. The smallest absolute Gasteiger partial charge is 0.319 e. The molecule has 0 saturated carbocycles. The molecule has 0 aliphatic carbocycles. The molecule has 26 heavy (non-hydrogen) atoms. The van der Waals surface area contributed by atoms with Crippen LogP contribution in [-0.4, -0.2) is 29.3 Å². The highest BCUT2D eigenvalue weighted by atomic mass is 19.1. The predicted molar refractivity (Wildman–Crippen MR) is 99.8 cm³/mol. The Morgan fingerprint density at radius 3 is 2.88 bits per heavy atom. The highest BCUT2D eigenvalue weighted by Gasteiger charge is 2.16. The molecule has 0 atom stereocenters. The molecule has 0 spiro atoms. The number of amides is 2. The monoisotopic (exact) mass is 353 g/mol. The van der Waals surface area contributed by atoms with Crippen LogP contribution in [0.15, 0.2) is 42.6 Å². The third kappa shape index (κ3) is 3.33. The summed E-state index contributed by atoms with van der Waals surface area (Å²) in [6.07, 6.45) is 3.87. The first-order valence-corrected chi connectivity index (χ1v) is 8.71. The van der Waals surface area contributed by atoms with E-state index in [2.05, 4.69) is 25.7 Å². The molecule has 0 radical (unpaired) electrons. The summed E-state index contributed by atoms with van der Waals surface area (Å²) in [7, 11) is 0. The number of anilines is 2. The molecule has 0 bridgehead atoms. The van der Waals surface area contributed by atoms with Crippen molar-refractivity contribution in [2.75, 3.05) is 23.3 Å². The summed E-state index contributed by atoms with van der Waals surface area (Å²) in [6, 6.07) is 10.3. The van der Waals surface area contributed by atoms with Gasteiger partial charge in [0.05, 0.1) is 23.1 Å². The summed E-state index contributed by atoms with van der Waals surface area (Å²) in [5.74, 6) is -0.241. The van der Waals surface area contributed by atoms with Crippen LogP contribution < -0.4 is 15.5 Å². The molecule has 2 aromatic carbocycles. The van der Waals surface area contributed by atoms with Gasteiger partial charge < -0.3 is 15.5 Å². The van der Waals surface area contributed by atoms with Gasteiger partial charge in [-0.15, -0.1) is 0 Å². The average Bonchev–Trinajstić information content (AvgIpc) is 3.32. The van der Waals surface area contributed by atoms with Crippen molar-refractivity contribution >= 4 is 28.3 Å². The summed E-state index contributed by atoms with van der Waals surface area (Å²) in [6.45, 7) is 2.05. The number of carbonyl (C=O) groups excluding carboxylic acids is 1. The molecule has 3 N–H and O–H groups in total. The van der Waals surface area contributed by atoms with E-state index < -0.39 is 0 Å². The number of carbonyl (C=O) groups is 1. The molecule has 1 aliphatic rings. The van der Waals surface area contributed by atoms with Gasteiger partial charge in [0.2, 0.25) is 0 Å². The Morgan fingerprint density at radius 1 is 1.23 bits per heavy atom. The zero-order chi connectivity index (χ0) is 17.9. The van der Waals surface area contributed by atoms with Crippen LogP contribution in [0.5, 0.6) is 0 Å². The lowest BCUT2D eigenvalue weighted by Gasteiger charge is -2.18. The number of nitrogens with one attached hydrogen (secondary N) is 3. The van der Waals surface area contributed by atoms with Gasteiger partial charge in [0.25, 0.3) is 0 Å². The molecule has 0 unspecified atom stereocenters. The van der Waals surface area contributed by atoms with E-state index in [9.17, 15) is 9.18 Å². The van der Waals surface area contributed by atoms with Gasteiger partial charge in [0, 0.05) is 25.0 Å². The van der Waals surface area contributed by atoms with Crippen molar-refractivity contribution in [3.63, 3.8) is 0 Å². The van der Waals surface area contributed by atoms with Crippen molar-refractivity contribution in [2.45, 2.75) is 19.4 Å². The lowest BCUT2D eigenvalue weighted by atomic mass is 10.2. The van der Waals surface area contributed by atoms with Crippen molar-refractivity contribution in [1.29, 1.82) is 0 Å². The minimum Gasteiger partial charge on any atom is -0.369 e. The lowest BCUT2D eigenvalue weighted by molar-refractivity contribution is 0.252. The van der Waals surface area contributed by atoms with Crippen LogP contribution in [0, 0.1) is 5.82 Å². The number of H-pyrrole nitrogens is 1. The second-order valence-corrected chi connectivity index (χ2v) is 6.42. The zero-order valence-electron chi connectivity index (χ0n) is 14.3. The lowest BCUT2D eigenvalue weighted by Crippen LogP contribution is -2.28. The van der Waals surface area contributed by atoms with Crippen molar-refractivity contribution < 1.29 is 9.18 Å². The number of rotatable bonds is 4. The van der Waals surface area contributed by atoms with E-state index in [0.717, 1.165) is 42.4 Å². The van der Waals surface area contributed by atoms with E-state index in [-0.39, 0.29) is 18.4 Å². The highest BCUT2D eigenvalue weighted by molar-refractivity contribution is 6.00. The number of nitrogens with zero attached hydrogens (tertiary/aromatic N) is 2. The Morgan fingerprint density at radius 2 is 2.08 bits per heavy atom. The Labute approximate surface area is 150 Å². The molecule has 7 heteroatoms. The van der Waals surface area contributed by atoms with Gasteiger partial charge in [-0.1, -0.05) is 12.1 Å². The molecular formula is C19H20FN5O. The summed E-state index contributed by atoms with van der Waals surface area (Å²) < 4.78 is 14.3. The molecule has 134 valence electrons. The average molecular weight is 353 g/mol. The van der Waals surface area contributed by atoms with Crippen LogP contribution in [0.3, 0.4) is 0 Å². The van der Waals surface area contributed by atoms with E-state index in [1.165, 1.54) is 6.07 Å². The fourth-order valence-electron chi connectivity index (χ4n) is 3.30. The highest BCUT2D eigenvalue weighted by Crippen LogP contribution is 2.24. The van der Waals surface area contributed by atoms with Gasteiger partial charge >= 0.3 is 6.03 Å². The zero-order valence-corrected chi connectivity index (χ0v) is 14.3. The van der Waals surface area contributed by atoms with Crippen LogP contribution in [0.25, 0.3) is 10.9 Å². The van der Waals surface area contributed by atoms with E-state index >= 15 is 0 Å². The maximum absolute atomic E-state index is 14.3. The van der Waals surface area contributed by atoms with Crippen LogP contribution >= 0.6 is 0 Å². The van der Waals surface area contributed by atoms with Gasteiger partial charge in [-0.3, -0.25) is 5.10 Å². The first kappa shape index (κ1) is 16.4. The second-order valence-electron chi connectivity index (χ2n) is 6.42. The molecule has 4 rings (SSSR count). The number of urea groups is 1. The number of aromatic nitrogens is 2. The predicted octanol–water partition coefficient (Wildman–Crippen LogP) is 3.62. The van der Waals surface area contributed by atoms with Gasteiger partial charge in [-0.25, -0.2) is 9.18 Å². The Hall–Kier alpha value is -3.09. The molecule has 6 nitrogen and oxygen atoms in total. The van der Waals surface area contributed by atoms with Crippen molar-refractivity contribution in [3.05, 3.63) is 54.0 Å². The molecule has 2 amide bonds. The van der Waals surface area contributed by atoms with Crippen LogP contribution in [0.4, 0.5) is 20.6 Å². The van der Waals surface area contributed by atoms with Gasteiger partial charge in [-0.05, 0) is 42.7 Å². The first-order valence-electron chi connectivity index (χ1n) is 8.71. The van der Waals surface area contributed by atoms with Crippen molar-refractivity contribution in [2.24, 2.45) is 0 Å². The topological polar surface area (TPSA) is 73.1 Å². The fourth-order valence-corrected chi connectivity index (χ4v) is 3.30. The number of fused-ring (bicyclic) bond motifs is 1. The van der Waals surface area contributed by atoms with Gasteiger partial charge in [0.1, 0.15) is 5.82 Å². The standard InChI is InChI=1S/C19H20FN5O/c20-15-10-13(6-7-18(15)25-8-1-2-9-25)11-21-19(26)23-16-4-3-5-17-14(16)12-22-24-17/h3-7,10,12H,1-2,8-9,11H2,(H,22,24)(H2,21,23,26). The van der Waals surface area contributed by atoms with Crippen LogP contribution in [0.2, 0.25) is 0 Å². The number of aromatic amines is 1. The Bertz CT molecular complexity index is 933.